The summed E-state index contributed by atoms with van der Waals surface area (Å²) in [6.07, 6.45) is 0.997. The third-order valence-corrected chi connectivity index (χ3v) is 6.50. The molecular weight excluding hydrogens is 606 g/mol. The molecule has 0 aliphatic carbocycles. The van der Waals surface area contributed by atoms with Gasteiger partial charge in [0, 0.05) is 65.5 Å². The van der Waals surface area contributed by atoms with Crippen molar-refractivity contribution < 1.29 is 53.4 Å². The predicted molar refractivity (Wildman–Crippen MR) is 173 cm³/mol. The Morgan fingerprint density at radius 2 is 0.935 bits per heavy atom. The molecule has 0 aromatic carbocycles. The number of nitrogens with zero attached hydrogens (tertiary/aromatic N) is 4. The van der Waals surface area contributed by atoms with Crippen LogP contribution in [0.25, 0.3) is 0 Å². The molecule has 1 fully saturated rings. The van der Waals surface area contributed by atoms with Gasteiger partial charge in [-0.1, -0.05) is 27.7 Å². The topological polar surface area (TPSA) is 191 Å². The smallest absolute Gasteiger partial charge is 0.317 e. The Morgan fingerprint density at radius 3 is 1.28 bits per heavy atom. The molecule has 1 rings (SSSR count). The molecule has 1 heterocycles. The second-order valence-electron chi connectivity index (χ2n) is 9.96. The summed E-state index contributed by atoms with van der Waals surface area (Å²) in [6.45, 7) is 17.8. The monoisotopic (exact) mass is 667 g/mol. The fourth-order valence-electron chi connectivity index (χ4n) is 4.18. The SMILES string of the molecule is CC.CCCOCCOCCOCCOCCNC(=O)CN1CCN(CC)CCN(CC(=O)O)CCN(CC(=O)O)CC1.O=CO. The molecule has 272 valence electrons. The van der Waals surface area contributed by atoms with E-state index in [1.165, 1.54) is 0 Å². The minimum Gasteiger partial charge on any atom is -0.483 e. The molecule has 16 nitrogen and oxygen atoms in total. The number of carbonyl (C=O) groups excluding carboxylic acids is 1. The Balaban J connectivity index is 0. The highest BCUT2D eigenvalue weighted by atomic mass is 16.6. The average Bonchev–Trinajstić information content (AvgIpc) is 3.02. The molecule has 0 saturated carbocycles. The van der Waals surface area contributed by atoms with Gasteiger partial charge in [-0.05, 0) is 13.0 Å². The molecule has 0 radical (unpaired) electrons. The molecule has 1 saturated heterocycles. The Hall–Kier alpha value is -2.44. The molecule has 0 aromatic rings. The number of likely N-dealkylation sites (N-methyl/N-ethyl adjacent to an activating group) is 1. The Labute approximate surface area is 274 Å². The van der Waals surface area contributed by atoms with Crippen LogP contribution in [-0.4, -0.2) is 197 Å². The first kappa shape index (κ1) is 45.7. The van der Waals surface area contributed by atoms with Gasteiger partial charge in [0.25, 0.3) is 6.47 Å². The Kier molecular flexibility index (Phi) is 33.7. The highest BCUT2D eigenvalue weighted by molar-refractivity contribution is 5.78. The van der Waals surface area contributed by atoms with Crippen LogP contribution in [0, 0.1) is 0 Å². The average molecular weight is 668 g/mol. The molecule has 1 aliphatic heterocycles. The largest absolute Gasteiger partial charge is 0.483 e. The van der Waals surface area contributed by atoms with Crippen molar-refractivity contribution in [2.24, 2.45) is 0 Å². The molecular formula is C30H61N5O11. The van der Waals surface area contributed by atoms with Crippen molar-refractivity contribution in [3.8, 4) is 0 Å². The number of carboxylic acids is 2. The van der Waals surface area contributed by atoms with Crippen LogP contribution in [0.3, 0.4) is 0 Å². The summed E-state index contributed by atoms with van der Waals surface area (Å²) in [5.74, 6) is -1.95. The van der Waals surface area contributed by atoms with Crippen LogP contribution in [0.15, 0.2) is 0 Å². The number of amides is 1. The fraction of sp³-hybridized carbons (Fsp3) is 0.867. The third kappa shape index (κ3) is 30.2. The number of ether oxygens (including phenoxy) is 4. The highest BCUT2D eigenvalue weighted by Gasteiger charge is 2.19. The van der Waals surface area contributed by atoms with E-state index in [2.05, 4.69) is 24.1 Å². The van der Waals surface area contributed by atoms with Gasteiger partial charge >= 0.3 is 11.9 Å². The lowest BCUT2D eigenvalue weighted by molar-refractivity contribution is -0.140. The summed E-state index contributed by atoms with van der Waals surface area (Å²) < 4.78 is 21.7. The molecule has 0 bridgehead atoms. The molecule has 4 N–H and O–H groups in total. The summed E-state index contributed by atoms with van der Waals surface area (Å²) in [7, 11) is 0. The standard InChI is InChI=1S/C27H53N5O9.C2H6.CH2O2/c1-3-14-38-16-18-40-20-21-41-19-17-39-15-5-28-25(33)22-30-8-6-29(4-2)7-9-31(23-26(34)35)12-13-32(11-10-30)24-27(36)37;1-2;2-1-3/h3-24H2,1-2H3,(H,28,33)(H,34,35)(H,36,37);1-2H3;1H,(H,2,3). The number of nitrogens with one attached hydrogen (secondary N) is 1. The van der Waals surface area contributed by atoms with Crippen molar-refractivity contribution in [2.75, 3.05) is 138 Å². The van der Waals surface area contributed by atoms with Crippen LogP contribution in [0.2, 0.25) is 0 Å². The molecule has 46 heavy (non-hydrogen) atoms. The van der Waals surface area contributed by atoms with Crippen LogP contribution in [-0.2, 0) is 38.1 Å². The van der Waals surface area contributed by atoms with E-state index in [1.807, 2.05) is 23.6 Å². The van der Waals surface area contributed by atoms with Gasteiger partial charge in [0.2, 0.25) is 5.91 Å². The van der Waals surface area contributed by atoms with Crippen LogP contribution in [0.5, 0.6) is 0 Å². The summed E-state index contributed by atoms with van der Waals surface area (Å²) in [5, 5.41) is 28.4. The van der Waals surface area contributed by atoms with E-state index >= 15 is 0 Å². The van der Waals surface area contributed by atoms with Crippen LogP contribution in [0.4, 0.5) is 0 Å². The zero-order chi connectivity index (χ0) is 34.8. The molecule has 0 atom stereocenters. The van der Waals surface area contributed by atoms with Crippen molar-refractivity contribution in [1.82, 2.24) is 24.9 Å². The third-order valence-electron chi connectivity index (χ3n) is 6.50. The fourth-order valence-corrected chi connectivity index (χ4v) is 4.18. The zero-order valence-electron chi connectivity index (χ0n) is 28.5. The van der Waals surface area contributed by atoms with E-state index in [4.69, 9.17) is 28.8 Å². The first-order chi connectivity index (χ1) is 22.2. The van der Waals surface area contributed by atoms with Gasteiger partial charge < -0.3 is 44.5 Å². The molecule has 16 heteroatoms. The van der Waals surface area contributed by atoms with Gasteiger partial charge in [0.1, 0.15) is 0 Å². The maximum Gasteiger partial charge on any atom is 0.317 e. The van der Waals surface area contributed by atoms with E-state index in [-0.39, 0.29) is 32.0 Å². The van der Waals surface area contributed by atoms with E-state index in [1.54, 1.807) is 4.90 Å². The van der Waals surface area contributed by atoms with Crippen molar-refractivity contribution >= 4 is 24.3 Å². The molecule has 0 unspecified atom stereocenters. The number of rotatable bonds is 21. The number of aliphatic carboxylic acids is 2. The first-order valence-corrected chi connectivity index (χ1v) is 16.2. The summed E-state index contributed by atoms with van der Waals surface area (Å²) in [6, 6.07) is 0. The van der Waals surface area contributed by atoms with E-state index < -0.39 is 11.9 Å². The van der Waals surface area contributed by atoms with Gasteiger partial charge in [-0.2, -0.15) is 0 Å². The van der Waals surface area contributed by atoms with Crippen LogP contribution < -0.4 is 5.32 Å². The zero-order valence-corrected chi connectivity index (χ0v) is 28.5. The van der Waals surface area contributed by atoms with Gasteiger partial charge in [0.05, 0.1) is 65.9 Å². The van der Waals surface area contributed by atoms with Gasteiger partial charge in [-0.15, -0.1) is 0 Å². The predicted octanol–water partition coefficient (Wildman–Crippen LogP) is -0.283. The minimum atomic E-state index is -0.935. The van der Waals surface area contributed by atoms with Gasteiger partial charge in [-0.3, -0.25) is 33.9 Å². The normalized spacial score (nSPS) is 15.7. The lowest BCUT2D eigenvalue weighted by Crippen LogP contribution is -2.49. The van der Waals surface area contributed by atoms with Gasteiger partial charge in [0.15, 0.2) is 0 Å². The van der Waals surface area contributed by atoms with Crippen LogP contribution in [0.1, 0.15) is 34.1 Å². The van der Waals surface area contributed by atoms with E-state index in [9.17, 15) is 24.6 Å². The second-order valence-corrected chi connectivity index (χ2v) is 9.96. The molecule has 0 spiro atoms. The highest BCUT2D eigenvalue weighted by Crippen LogP contribution is 2.01. The van der Waals surface area contributed by atoms with Crippen LogP contribution >= 0.6 is 0 Å². The maximum absolute atomic E-state index is 12.6. The van der Waals surface area contributed by atoms with Crippen molar-refractivity contribution in [3.63, 3.8) is 0 Å². The van der Waals surface area contributed by atoms with Crippen molar-refractivity contribution in [3.05, 3.63) is 0 Å². The Morgan fingerprint density at radius 1 is 0.609 bits per heavy atom. The Bertz CT molecular complexity index is 752. The van der Waals surface area contributed by atoms with Crippen molar-refractivity contribution in [2.45, 2.75) is 34.1 Å². The maximum atomic E-state index is 12.6. The lowest BCUT2D eigenvalue weighted by atomic mass is 10.3. The van der Waals surface area contributed by atoms with E-state index in [0.29, 0.717) is 98.6 Å². The van der Waals surface area contributed by atoms with Gasteiger partial charge in [-0.25, -0.2) is 0 Å². The number of carbonyl (C=O) groups is 4. The summed E-state index contributed by atoms with van der Waals surface area (Å²) in [5.41, 5.74) is 0. The van der Waals surface area contributed by atoms with Crippen molar-refractivity contribution in [1.29, 1.82) is 0 Å². The summed E-state index contributed by atoms with van der Waals surface area (Å²) in [4.78, 5) is 51.6. The van der Waals surface area contributed by atoms with E-state index in [0.717, 1.165) is 26.1 Å². The first-order valence-electron chi connectivity index (χ1n) is 16.2. The minimum absolute atomic E-state index is 0.0775. The number of hydrogen-bond acceptors (Lipinski definition) is 12. The second kappa shape index (κ2) is 33.9. The quantitative estimate of drug-likeness (QED) is 0.0922. The molecule has 0 aromatic heterocycles. The molecule has 1 aliphatic rings. The number of carboxylic acid groups (broad SMARTS) is 3. The molecule has 1 amide bonds. The number of hydrogen-bond donors (Lipinski definition) is 4. The summed E-state index contributed by atoms with van der Waals surface area (Å²) >= 11 is 0. The lowest BCUT2D eigenvalue weighted by Gasteiger charge is -2.33.